The van der Waals surface area contributed by atoms with Gasteiger partial charge in [0, 0.05) is 36.4 Å². The molecule has 0 bridgehead atoms. The Labute approximate surface area is 130 Å². The molecule has 0 aliphatic carbocycles. The van der Waals surface area contributed by atoms with E-state index >= 15 is 0 Å². The second-order valence-corrected chi connectivity index (χ2v) is 6.58. The maximum Gasteiger partial charge on any atom is 0.0750 e. The Morgan fingerprint density at radius 3 is 2.95 bits per heavy atom. The summed E-state index contributed by atoms with van der Waals surface area (Å²) < 4.78 is 6.85. The number of nitrogens with zero attached hydrogens (tertiary/aromatic N) is 1. The summed E-state index contributed by atoms with van der Waals surface area (Å²) in [5.41, 5.74) is 8.71. The van der Waals surface area contributed by atoms with Crippen molar-refractivity contribution in [3.8, 4) is 0 Å². The zero-order valence-corrected chi connectivity index (χ0v) is 14.0. The van der Waals surface area contributed by atoms with Crippen LogP contribution < -0.4 is 10.6 Å². The number of likely N-dealkylation sites (N-methyl/N-ethyl adjacent to an activating group) is 1. The van der Waals surface area contributed by atoms with Gasteiger partial charge in [0.05, 0.1) is 6.10 Å². The molecule has 4 heteroatoms. The van der Waals surface area contributed by atoms with Crippen molar-refractivity contribution in [1.82, 2.24) is 0 Å². The molecule has 20 heavy (non-hydrogen) atoms. The fraction of sp³-hybridized carbons (Fsp3) is 0.625. The van der Waals surface area contributed by atoms with Gasteiger partial charge in [0.1, 0.15) is 0 Å². The van der Waals surface area contributed by atoms with Crippen LogP contribution in [0.3, 0.4) is 0 Å². The van der Waals surface area contributed by atoms with Crippen molar-refractivity contribution in [2.45, 2.75) is 44.8 Å². The van der Waals surface area contributed by atoms with Gasteiger partial charge in [-0.25, -0.2) is 0 Å². The summed E-state index contributed by atoms with van der Waals surface area (Å²) in [6, 6.07) is 6.69. The maximum atomic E-state index is 6.12. The fourth-order valence-electron chi connectivity index (χ4n) is 2.68. The van der Waals surface area contributed by atoms with Crippen LogP contribution >= 0.6 is 15.9 Å². The van der Waals surface area contributed by atoms with E-state index in [-0.39, 0.29) is 6.04 Å². The first-order valence-electron chi connectivity index (χ1n) is 7.47. The topological polar surface area (TPSA) is 38.5 Å². The van der Waals surface area contributed by atoms with Crippen molar-refractivity contribution < 1.29 is 4.74 Å². The highest BCUT2D eigenvalue weighted by Gasteiger charge is 2.19. The van der Waals surface area contributed by atoms with Gasteiger partial charge in [0.2, 0.25) is 0 Å². The number of benzene rings is 1. The fourth-order valence-corrected chi connectivity index (χ4v) is 3.03. The predicted molar refractivity (Wildman–Crippen MR) is 88.4 cm³/mol. The van der Waals surface area contributed by atoms with Gasteiger partial charge in [0.15, 0.2) is 0 Å². The Morgan fingerprint density at radius 1 is 1.50 bits per heavy atom. The van der Waals surface area contributed by atoms with Crippen LogP contribution in [0.1, 0.15) is 31.7 Å². The lowest BCUT2D eigenvalue weighted by atomic mass is 10.0. The molecule has 2 N–H and O–H groups in total. The second kappa shape index (κ2) is 7.43. The van der Waals surface area contributed by atoms with Crippen LogP contribution in [-0.2, 0) is 11.2 Å². The number of hydrogen-bond acceptors (Lipinski definition) is 3. The lowest BCUT2D eigenvalue weighted by Crippen LogP contribution is -2.30. The minimum absolute atomic E-state index is 0.228. The molecule has 112 valence electrons. The van der Waals surface area contributed by atoms with Crippen molar-refractivity contribution in [3.05, 3.63) is 28.2 Å². The molecule has 1 fully saturated rings. The molecule has 0 saturated carbocycles. The summed E-state index contributed by atoms with van der Waals surface area (Å²) in [6.07, 6.45) is 4.65. The van der Waals surface area contributed by atoms with Crippen LogP contribution in [0.5, 0.6) is 0 Å². The molecule has 1 heterocycles. The van der Waals surface area contributed by atoms with E-state index in [0.717, 1.165) is 30.5 Å². The number of nitrogens with two attached hydrogens (primary N) is 1. The molecule has 1 aliphatic heterocycles. The minimum Gasteiger partial charge on any atom is -0.376 e. The van der Waals surface area contributed by atoms with Crippen LogP contribution in [0.15, 0.2) is 22.7 Å². The Kier molecular flexibility index (Phi) is 5.87. The first-order chi connectivity index (χ1) is 9.60. The van der Waals surface area contributed by atoms with Crippen molar-refractivity contribution in [2.75, 3.05) is 25.1 Å². The van der Waals surface area contributed by atoms with E-state index in [1.807, 2.05) is 0 Å². The first kappa shape index (κ1) is 15.8. The quantitative estimate of drug-likeness (QED) is 0.862. The molecule has 2 unspecified atom stereocenters. The maximum absolute atomic E-state index is 6.12. The highest BCUT2D eigenvalue weighted by Crippen LogP contribution is 2.27. The van der Waals surface area contributed by atoms with E-state index in [1.54, 1.807) is 0 Å². The summed E-state index contributed by atoms with van der Waals surface area (Å²) in [4.78, 5) is 2.30. The second-order valence-electron chi connectivity index (χ2n) is 5.66. The molecule has 0 aromatic heterocycles. The third-order valence-corrected chi connectivity index (χ3v) is 4.46. The Hall–Kier alpha value is -0.580. The molecule has 1 saturated heterocycles. The Bertz CT molecular complexity index is 432. The van der Waals surface area contributed by atoms with Crippen LogP contribution in [0.2, 0.25) is 0 Å². The highest BCUT2D eigenvalue weighted by atomic mass is 79.9. The van der Waals surface area contributed by atoms with Crippen molar-refractivity contribution in [3.63, 3.8) is 0 Å². The monoisotopic (exact) mass is 340 g/mol. The van der Waals surface area contributed by atoms with E-state index in [0.29, 0.717) is 6.10 Å². The molecular weight excluding hydrogens is 316 g/mol. The van der Waals surface area contributed by atoms with Crippen LogP contribution in [-0.4, -0.2) is 32.3 Å². The van der Waals surface area contributed by atoms with Crippen LogP contribution in [0.25, 0.3) is 0 Å². The van der Waals surface area contributed by atoms with E-state index in [1.165, 1.54) is 24.1 Å². The van der Waals surface area contributed by atoms with Crippen molar-refractivity contribution >= 4 is 21.6 Å². The molecule has 0 spiro atoms. The van der Waals surface area contributed by atoms with Gasteiger partial charge in [-0.1, -0.05) is 28.9 Å². The summed E-state index contributed by atoms with van der Waals surface area (Å²) >= 11 is 3.57. The molecule has 1 aromatic rings. The van der Waals surface area contributed by atoms with Gasteiger partial charge in [-0.05, 0) is 43.4 Å². The molecule has 2 rings (SSSR count). The summed E-state index contributed by atoms with van der Waals surface area (Å²) in [7, 11) is 2.14. The minimum atomic E-state index is 0.228. The lowest BCUT2D eigenvalue weighted by molar-refractivity contribution is 0.116. The van der Waals surface area contributed by atoms with E-state index in [4.69, 9.17) is 10.5 Å². The van der Waals surface area contributed by atoms with Gasteiger partial charge < -0.3 is 15.4 Å². The third kappa shape index (κ3) is 4.21. The largest absolute Gasteiger partial charge is 0.376 e. The van der Waals surface area contributed by atoms with Gasteiger partial charge in [0.25, 0.3) is 0 Å². The van der Waals surface area contributed by atoms with Crippen molar-refractivity contribution in [1.29, 1.82) is 0 Å². The van der Waals surface area contributed by atoms with Gasteiger partial charge in [-0.2, -0.15) is 0 Å². The molecule has 1 aliphatic rings. The average Bonchev–Trinajstić information content (AvgIpc) is 2.93. The normalized spacial score (nSPS) is 20.1. The van der Waals surface area contributed by atoms with Crippen LogP contribution in [0.4, 0.5) is 5.69 Å². The van der Waals surface area contributed by atoms with Gasteiger partial charge in [-0.15, -0.1) is 0 Å². The molecule has 3 nitrogen and oxygen atoms in total. The summed E-state index contributed by atoms with van der Waals surface area (Å²) in [6.45, 7) is 3.99. The Morgan fingerprint density at radius 2 is 2.30 bits per heavy atom. The third-order valence-electron chi connectivity index (χ3n) is 3.97. The standard InChI is InChI=1S/C16H25BrN2O/c1-3-14(18)9-12-6-7-13(17)10-16(12)19(2)11-15-5-4-8-20-15/h6-7,10,14-15H,3-5,8-9,11,18H2,1-2H3. The van der Waals surface area contributed by atoms with E-state index in [9.17, 15) is 0 Å². The molecule has 2 atom stereocenters. The number of anilines is 1. The van der Waals surface area contributed by atoms with Gasteiger partial charge >= 0.3 is 0 Å². The molecule has 0 amide bonds. The molecule has 1 aromatic carbocycles. The SMILES string of the molecule is CCC(N)Cc1ccc(Br)cc1N(C)CC1CCCO1. The van der Waals surface area contributed by atoms with Crippen LogP contribution in [0, 0.1) is 0 Å². The van der Waals surface area contributed by atoms with Gasteiger partial charge in [-0.3, -0.25) is 0 Å². The van der Waals surface area contributed by atoms with E-state index < -0.39 is 0 Å². The number of ether oxygens (including phenoxy) is 1. The smallest absolute Gasteiger partial charge is 0.0750 e. The molecule has 0 radical (unpaired) electrons. The number of hydrogen-bond donors (Lipinski definition) is 1. The average molecular weight is 341 g/mol. The van der Waals surface area contributed by atoms with E-state index in [2.05, 4.69) is 53.0 Å². The zero-order chi connectivity index (χ0) is 14.5. The molecular formula is C16H25BrN2O. The summed E-state index contributed by atoms with van der Waals surface area (Å²) in [5, 5.41) is 0. The predicted octanol–water partition coefficient (Wildman–Crippen LogP) is 3.34. The first-order valence-corrected chi connectivity index (χ1v) is 8.26. The number of rotatable bonds is 6. The number of halogens is 1. The zero-order valence-electron chi connectivity index (χ0n) is 12.4. The lowest BCUT2D eigenvalue weighted by Gasteiger charge is -2.26. The summed E-state index contributed by atoms with van der Waals surface area (Å²) in [5.74, 6) is 0. The highest BCUT2D eigenvalue weighted by molar-refractivity contribution is 9.10. The van der Waals surface area contributed by atoms with Crippen molar-refractivity contribution in [2.24, 2.45) is 5.73 Å². The Balaban J connectivity index is 2.12.